The van der Waals surface area contributed by atoms with Gasteiger partial charge in [-0.25, -0.2) is 0 Å². The normalized spacial score (nSPS) is 20.5. The summed E-state index contributed by atoms with van der Waals surface area (Å²) in [6.45, 7) is 5.15. The second-order valence-electron chi connectivity index (χ2n) is 5.66. The summed E-state index contributed by atoms with van der Waals surface area (Å²) in [7, 11) is 1.67. The first-order valence-corrected chi connectivity index (χ1v) is 7.06. The number of likely N-dealkylation sites (tertiary alicyclic amines) is 1. The maximum Gasteiger partial charge on any atom is 0.401 e. The van der Waals surface area contributed by atoms with Gasteiger partial charge in [-0.05, 0) is 18.8 Å². The molecular formula is C13H26F3IN4. The van der Waals surface area contributed by atoms with Gasteiger partial charge in [0, 0.05) is 32.7 Å². The Labute approximate surface area is 142 Å². The first kappa shape index (κ1) is 20.8. The van der Waals surface area contributed by atoms with E-state index in [2.05, 4.69) is 29.5 Å². The fraction of sp³-hybridized carbons (Fsp3) is 0.923. The smallest absolute Gasteiger partial charge is 0.356 e. The highest BCUT2D eigenvalue weighted by Gasteiger charge is 2.34. The number of aliphatic imine (C=N–C) groups is 1. The van der Waals surface area contributed by atoms with E-state index >= 15 is 0 Å². The van der Waals surface area contributed by atoms with E-state index in [1.165, 1.54) is 4.90 Å². The van der Waals surface area contributed by atoms with Crippen LogP contribution >= 0.6 is 24.0 Å². The first-order chi connectivity index (χ1) is 9.30. The highest BCUT2D eigenvalue weighted by molar-refractivity contribution is 14.0. The summed E-state index contributed by atoms with van der Waals surface area (Å²) in [5.41, 5.74) is 0. The summed E-state index contributed by atoms with van der Waals surface area (Å²) in [6, 6.07) is 0.0302. The maximum absolute atomic E-state index is 12.3. The third-order valence-corrected chi connectivity index (χ3v) is 3.25. The third kappa shape index (κ3) is 9.38. The van der Waals surface area contributed by atoms with Crippen molar-refractivity contribution in [3.63, 3.8) is 0 Å². The summed E-state index contributed by atoms with van der Waals surface area (Å²) >= 11 is 0. The summed E-state index contributed by atoms with van der Waals surface area (Å²) in [5, 5.41) is 6.37. The second kappa shape index (κ2) is 9.70. The molecule has 0 aliphatic carbocycles. The molecule has 1 fully saturated rings. The monoisotopic (exact) mass is 422 g/mol. The van der Waals surface area contributed by atoms with Crippen molar-refractivity contribution >= 4 is 29.9 Å². The molecule has 1 aliphatic heterocycles. The Morgan fingerprint density at radius 3 is 2.57 bits per heavy atom. The average Bonchev–Trinajstić information content (AvgIpc) is 2.72. The Morgan fingerprint density at radius 1 is 1.38 bits per heavy atom. The van der Waals surface area contributed by atoms with E-state index in [4.69, 9.17) is 0 Å². The predicted octanol–water partition coefficient (Wildman–Crippen LogP) is 2.45. The molecule has 126 valence electrons. The van der Waals surface area contributed by atoms with E-state index in [1.807, 2.05) is 0 Å². The molecule has 21 heavy (non-hydrogen) atoms. The molecule has 0 saturated carbocycles. The first-order valence-electron chi connectivity index (χ1n) is 7.06. The van der Waals surface area contributed by atoms with Gasteiger partial charge < -0.3 is 10.6 Å². The van der Waals surface area contributed by atoms with Crippen molar-refractivity contribution in [3.8, 4) is 0 Å². The molecule has 0 aromatic rings. The van der Waals surface area contributed by atoms with E-state index in [-0.39, 0.29) is 30.0 Å². The summed E-state index contributed by atoms with van der Waals surface area (Å²) in [4.78, 5) is 5.53. The minimum Gasteiger partial charge on any atom is -0.356 e. The molecular weight excluding hydrogens is 396 g/mol. The van der Waals surface area contributed by atoms with Crippen LogP contribution in [0.3, 0.4) is 0 Å². The lowest BCUT2D eigenvalue weighted by atomic mass is 10.1. The molecule has 4 nitrogen and oxygen atoms in total. The van der Waals surface area contributed by atoms with E-state index in [0.717, 1.165) is 13.0 Å². The second-order valence-corrected chi connectivity index (χ2v) is 5.66. The minimum atomic E-state index is -4.12. The highest BCUT2D eigenvalue weighted by Crippen LogP contribution is 2.19. The number of alkyl halides is 3. The zero-order valence-electron chi connectivity index (χ0n) is 12.8. The SMILES string of the molecule is CN=C(NCCC(C)C)NC1CCN(CC(F)(F)F)C1.I. The van der Waals surface area contributed by atoms with Gasteiger partial charge in [0.25, 0.3) is 0 Å². The molecule has 1 rings (SSSR count). The van der Waals surface area contributed by atoms with Crippen molar-refractivity contribution < 1.29 is 13.2 Å². The van der Waals surface area contributed by atoms with Crippen LogP contribution in [-0.2, 0) is 0 Å². The molecule has 1 heterocycles. The lowest BCUT2D eigenvalue weighted by Gasteiger charge is -2.20. The van der Waals surface area contributed by atoms with Crippen LogP contribution in [0, 0.1) is 5.92 Å². The number of hydrogen-bond donors (Lipinski definition) is 2. The van der Waals surface area contributed by atoms with E-state index in [0.29, 0.717) is 31.4 Å². The molecule has 1 saturated heterocycles. The molecule has 0 bridgehead atoms. The molecule has 0 aromatic heterocycles. The lowest BCUT2D eigenvalue weighted by molar-refractivity contribution is -0.143. The highest BCUT2D eigenvalue weighted by atomic mass is 127. The number of halogens is 4. The van der Waals surface area contributed by atoms with Gasteiger partial charge in [0.1, 0.15) is 0 Å². The maximum atomic E-state index is 12.3. The van der Waals surface area contributed by atoms with Crippen LogP contribution in [0.25, 0.3) is 0 Å². The number of nitrogens with one attached hydrogen (secondary N) is 2. The number of hydrogen-bond acceptors (Lipinski definition) is 2. The van der Waals surface area contributed by atoms with E-state index < -0.39 is 12.7 Å². The number of rotatable bonds is 5. The molecule has 0 radical (unpaired) electrons. The predicted molar refractivity (Wildman–Crippen MR) is 90.3 cm³/mol. The largest absolute Gasteiger partial charge is 0.401 e. The Bertz CT molecular complexity index is 321. The van der Waals surface area contributed by atoms with Gasteiger partial charge in [-0.1, -0.05) is 13.8 Å². The fourth-order valence-electron chi connectivity index (χ4n) is 2.21. The van der Waals surface area contributed by atoms with Crippen molar-refractivity contribution in [1.82, 2.24) is 15.5 Å². The Balaban J connectivity index is 0.00000400. The Morgan fingerprint density at radius 2 is 2.05 bits per heavy atom. The summed E-state index contributed by atoms with van der Waals surface area (Å²) in [6.07, 6.45) is -2.38. The molecule has 0 aromatic carbocycles. The van der Waals surface area contributed by atoms with Gasteiger partial charge in [-0.2, -0.15) is 13.2 Å². The minimum absolute atomic E-state index is 0. The van der Waals surface area contributed by atoms with Gasteiger partial charge in [0.2, 0.25) is 0 Å². The molecule has 1 unspecified atom stereocenters. The standard InChI is InChI=1S/C13H25F3N4.HI/c1-10(2)4-6-18-12(17-3)19-11-5-7-20(8-11)9-13(14,15)16;/h10-11H,4-9H2,1-3H3,(H2,17,18,19);1H. The van der Waals surface area contributed by atoms with Gasteiger partial charge in [-0.15, -0.1) is 24.0 Å². The summed E-state index contributed by atoms with van der Waals surface area (Å²) in [5.74, 6) is 1.28. The topological polar surface area (TPSA) is 39.7 Å². The zero-order chi connectivity index (χ0) is 15.2. The molecule has 0 amide bonds. The molecule has 2 N–H and O–H groups in total. The average molecular weight is 422 g/mol. The summed E-state index contributed by atoms with van der Waals surface area (Å²) < 4.78 is 36.9. The van der Waals surface area contributed by atoms with Crippen molar-refractivity contribution in [2.75, 3.05) is 33.2 Å². The van der Waals surface area contributed by atoms with Crippen molar-refractivity contribution in [1.29, 1.82) is 0 Å². The molecule has 1 aliphatic rings. The van der Waals surface area contributed by atoms with E-state index in [9.17, 15) is 13.2 Å². The molecule has 0 spiro atoms. The lowest BCUT2D eigenvalue weighted by Crippen LogP contribution is -2.45. The van der Waals surface area contributed by atoms with Crippen LogP contribution in [0.15, 0.2) is 4.99 Å². The van der Waals surface area contributed by atoms with Gasteiger partial charge in [-0.3, -0.25) is 9.89 Å². The van der Waals surface area contributed by atoms with Crippen LogP contribution in [0.1, 0.15) is 26.7 Å². The van der Waals surface area contributed by atoms with Gasteiger partial charge in [0.05, 0.1) is 6.54 Å². The van der Waals surface area contributed by atoms with Crippen molar-refractivity contribution in [2.24, 2.45) is 10.9 Å². The molecule has 1 atom stereocenters. The quantitative estimate of drug-likeness (QED) is 0.406. The zero-order valence-corrected chi connectivity index (χ0v) is 15.2. The van der Waals surface area contributed by atoms with Crippen LogP contribution in [0.2, 0.25) is 0 Å². The van der Waals surface area contributed by atoms with Gasteiger partial charge in [0.15, 0.2) is 5.96 Å². The van der Waals surface area contributed by atoms with E-state index in [1.54, 1.807) is 7.05 Å². The molecule has 8 heteroatoms. The van der Waals surface area contributed by atoms with Crippen molar-refractivity contribution in [3.05, 3.63) is 0 Å². The fourth-order valence-corrected chi connectivity index (χ4v) is 2.21. The Hall–Kier alpha value is -0.250. The van der Waals surface area contributed by atoms with Crippen molar-refractivity contribution in [2.45, 2.75) is 38.9 Å². The van der Waals surface area contributed by atoms with Crippen LogP contribution in [0.4, 0.5) is 13.2 Å². The Kier molecular flexibility index (Phi) is 9.59. The third-order valence-electron chi connectivity index (χ3n) is 3.25. The van der Waals surface area contributed by atoms with Crippen LogP contribution in [-0.4, -0.2) is 56.3 Å². The van der Waals surface area contributed by atoms with Crippen LogP contribution < -0.4 is 10.6 Å². The number of nitrogens with zero attached hydrogens (tertiary/aromatic N) is 2. The number of guanidine groups is 1. The van der Waals surface area contributed by atoms with Gasteiger partial charge >= 0.3 is 6.18 Å². The van der Waals surface area contributed by atoms with Crippen LogP contribution in [0.5, 0.6) is 0 Å².